The molecule has 8 nitrogen and oxygen atoms in total. The van der Waals surface area contributed by atoms with Crippen LogP contribution in [0.1, 0.15) is 55.7 Å². The molecule has 1 heterocycles. The first-order valence-electron chi connectivity index (χ1n) is 12.0. The molecule has 1 N–H and O–H groups in total. The minimum Gasteiger partial charge on any atom is -0.482 e. The number of ether oxygens (including phenoxy) is 2. The molecule has 11 heteroatoms. The maximum atomic E-state index is 13.0. The fourth-order valence-corrected chi connectivity index (χ4v) is 4.77. The van der Waals surface area contributed by atoms with E-state index in [4.69, 9.17) is 9.47 Å². The lowest BCUT2D eigenvalue weighted by Crippen LogP contribution is -2.34. The van der Waals surface area contributed by atoms with Crippen LogP contribution in [0, 0.1) is 10.1 Å². The third-order valence-corrected chi connectivity index (χ3v) is 6.43. The molecule has 4 rings (SSSR count). The van der Waals surface area contributed by atoms with Crippen molar-refractivity contribution in [3.63, 3.8) is 0 Å². The van der Waals surface area contributed by atoms with E-state index in [1.54, 1.807) is 13.8 Å². The molecule has 1 aliphatic heterocycles. The van der Waals surface area contributed by atoms with Gasteiger partial charge in [-0.1, -0.05) is 18.2 Å². The number of rotatable bonds is 7. The van der Waals surface area contributed by atoms with Crippen LogP contribution in [0.5, 0.6) is 5.75 Å². The summed E-state index contributed by atoms with van der Waals surface area (Å²) in [6, 6.07) is 8.57. The van der Waals surface area contributed by atoms with E-state index >= 15 is 0 Å². The number of halogens is 3. The second-order valence-electron chi connectivity index (χ2n) is 8.96. The zero-order valence-electron chi connectivity index (χ0n) is 20.7. The fraction of sp³-hybridized carbons (Fsp3) is 0.333. The molecule has 1 aliphatic carbocycles. The fourth-order valence-electron chi connectivity index (χ4n) is 4.77. The minimum atomic E-state index is -4.54. The molecule has 0 unspecified atom stereocenters. The van der Waals surface area contributed by atoms with Gasteiger partial charge in [-0.3, -0.25) is 14.9 Å². The van der Waals surface area contributed by atoms with E-state index in [9.17, 15) is 32.9 Å². The van der Waals surface area contributed by atoms with Crippen LogP contribution in [-0.2, 0) is 27.1 Å². The Hall–Kier alpha value is -4.15. The third-order valence-electron chi connectivity index (χ3n) is 6.43. The zero-order chi connectivity index (χ0) is 27.6. The molecule has 1 atom stereocenters. The summed E-state index contributed by atoms with van der Waals surface area (Å²) < 4.78 is 49.9. The minimum absolute atomic E-state index is 0.102. The van der Waals surface area contributed by atoms with Crippen LogP contribution in [0.25, 0.3) is 0 Å². The molecule has 0 saturated heterocycles. The number of esters is 1. The number of nitrogens with one attached hydrogen (secondary N) is 1. The monoisotopic (exact) mass is 530 g/mol. The van der Waals surface area contributed by atoms with E-state index in [1.165, 1.54) is 30.3 Å². The molecule has 0 bridgehead atoms. The molecule has 0 radical (unpaired) electrons. The van der Waals surface area contributed by atoms with Gasteiger partial charge in [0.15, 0.2) is 11.5 Å². The number of carbonyl (C=O) groups is 2. The van der Waals surface area contributed by atoms with Crippen LogP contribution in [-0.4, -0.2) is 23.3 Å². The standard InChI is InChI=1S/C27H25F3N2O6/c1-3-37-26(34)23-15(2)31-19-8-5-9-21(33)25(19)24(23)17-10-11-22(20(13-17)32(35)36)38-14-16-6-4-7-18(12-16)27(28,29)30/h4,6-7,10-13,24,31H,3,5,8-9,14H2,1-2H3/t24-/m0/s1. The average Bonchev–Trinajstić information content (AvgIpc) is 2.86. The lowest BCUT2D eigenvalue weighted by molar-refractivity contribution is -0.386. The van der Waals surface area contributed by atoms with Crippen LogP contribution < -0.4 is 10.1 Å². The number of alkyl halides is 3. The lowest BCUT2D eigenvalue weighted by Gasteiger charge is -2.34. The van der Waals surface area contributed by atoms with E-state index in [0.29, 0.717) is 35.4 Å². The van der Waals surface area contributed by atoms with Crippen molar-refractivity contribution in [2.45, 2.75) is 51.8 Å². The molecular formula is C27H25F3N2O6. The SMILES string of the molecule is CCOC(=O)C1=C(C)NC2=C(C(=O)CCC2)[C@H]1c1ccc(OCc2cccc(C(F)(F)F)c2)c([N+](=O)[O-])c1. The quantitative estimate of drug-likeness (QED) is 0.277. The van der Waals surface area contributed by atoms with Gasteiger partial charge in [-0.15, -0.1) is 0 Å². The molecule has 2 aromatic rings. The number of allylic oxidation sites excluding steroid dienone is 3. The number of ketones is 1. The van der Waals surface area contributed by atoms with Crippen molar-refractivity contribution in [1.29, 1.82) is 0 Å². The molecule has 0 saturated carbocycles. The highest BCUT2D eigenvalue weighted by Crippen LogP contribution is 2.44. The summed E-state index contributed by atoms with van der Waals surface area (Å²) in [6.07, 6.45) is -3.02. The normalized spacial score (nSPS) is 17.6. The molecular weight excluding hydrogens is 505 g/mol. The van der Waals surface area contributed by atoms with Gasteiger partial charge in [0.25, 0.3) is 0 Å². The maximum Gasteiger partial charge on any atom is 0.416 e. The van der Waals surface area contributed by atoms with Gasteiger partial charge in [-0.25, -0.2) is 4.79 Å². The van der Waals surface area contributed by atoms with Crippen LogP contribution in [0.4, 0.5) is 18.9 Å². The summed E-state index contributed by atoms with van der Waals surface area (Å²) in [5.41, 5.74) is 0.934. The number of Topliss-reactive ketones (excluding diaryl/α,β-unsaturated/α-hetero) is 1. The summed E-state index contributed by atoms with van der Waals surface area (Å²) in [6.45, 7) is 3.10. The van der Waals surface area contributed by atoms with Gasteiger partial charge in [0.1, 0.15) is 6.61 Å². The molecule has 2 aromatic carbocycles. The van der Waals surface area contributed by atoms with E-state index in [-0.39, 0.29) is 42.3 Å². The van der Waals surface area contributed by atoms with Crippen molar-refractivity contribution in [2.24, 2.45) is 0 Å². The van der Waals surface area contributed by atoms with Crippen molar-refractivity contribution in [3.8, 4) is 5.75 Å². The Bertz CT molecular complexity index is 1360. The smallest absolute Gasteiger partial charge is 0.416 e. The highest BCUT2D eigenvalue weighted by atomic mass is 19.4. The summed E-state index contributed by atoms with van der Waals surface area (Å²) in [4.78, 5) is 37.2. The van der Waals surface area contributed by atoms with Crippen molar-refractivity contribution >= 4 is 17.4 Å². The van der Waals surface area contributed by atoms with Crippen LogP contribution >= 0.6 is 0 Å². The van der Waals surface area contributed by atoms with E-state index in [0.717, 1.165) is 12.1 Å². The summed E-state index contributed by atoms with van der Waals surface area (Å²) in [5, 5.41) is 15.1. The Balaban J connectivity index is 1.72. The van der Waals surface area contributed by atoms with Crippen LogP contribution in [0.3, 0.4) is 0 Å². The van der Waals surface area contributed by atoms with E-state index in [1.807, 2.05) is 0 Å². The van der Waals surface area contributed by atoms with Gasteiger partial charge < -0.3 is 14.8 Å². The number of nitro groups is 1. The first-order chi connectivity index (χ1) is 18.0. The number of hydrogen-bond donors (Lipinski definition) is 1. The number of carbonyl (C=O) groups excluding carboxylic acids is 2. The summed E-state index contributed by atoms with van der Waals surface area (Å²) in [5.74, 6) is -1.84. The van der Waals surface area contributed by atoms with E-state index < -0.39 is 34.2 Å². The van der Waals surface area contributed by atoms with Gasteiger partial charge in [0, 0.05) is 35.4 Å². The highest BCUT2D eigenvalue weighted by Gasteiger charge is 2.40. The number of dihydropyridines is 1. The van der Waals surface area contributed by atoms with Gasteiger partial charge >= 0.3 is 17.8 Å². The van der Waals surface area contributed by atoms with Crippen LogP contribution in [0.2, 0.25) is 0 Å². The van der Waals surface area contributed by atoms with E-state index in [2.05, 4.69) is 5.32 Å². The maximum absolute atomic E-state index is 13.0. The second-order valence-corrected chi connectivity index (χ2v) is 8.96. The Morgan fingerprint density at radius 1 is 1.18 bits per heavy atom. The van der Waals surface area contributed by atoms with Crippen LogP contribution in [0.15, 0.2) is 65.0 Å². The van der Waals surface area contributed by atoms with Crippen molar-refractivity contribution in [2.75, 3.05) is 6.61 Å². The summed E-state index contributed by atoms with van der Waals surface area (Å²) in [7, 11) is 0. The highest BCUT2D eigenvalue weighted by molar-refractivity contribution is 6.03. The topological polar surface area (TPSA) is 108 Å². The first kappa shape index (κ1) is 26.9. The number of nitro benzene ring substituents is 1. The molecule has 0 amide bonds. The first-order valence-corrected chi connectivity index (χ1v) is 12.0. The Kier molecular flexibility index (Phi) is 7.56. The summed E-state index contributed by atoms with van der Waals surface area (Å²) >= 11 is 0. The molecule has 0 aromatic heterocycles. The molecule has 0 spiro atoms. The number of hydrogen-bond acceptors (Lipinski definition) is 7. The third kappa shape index (κ3) is 5.41. The van der Waals surface area contributed by atoms with Gasteiger partial charge in [0.2, 0.25) is 0 Å². The number of benzene rings is 2. The van der Waals surface area contributed by atoms with Crippen molar-refractivity contribution < 1.29 is 37.2 Å². The Morgan fingerprint density at radius 3 is 2.63 bits per heavy atom. The Labute approximate surface area is 216 Å². The average molecular weight is 530 g/mol. The predicted octanol–water partition coefficient (Wildman–Crippen LogP) is 5.72. The molecule has 2 aliphatic rings. The van der Waals surface area contributed by atoms with Gasteiger partial charge in [-0.2, -0.15) is 13.2 Å². The van der Waals surface area contributed by atoms with Crippen molar-refractivity contribution in [3.05, 3.63) is 91.8 Å². The largest absolute Gasteiger partial charge is 0.482 e. The van der Waals surface area contributed by atoms with Gasteiger partial charge in [-0.05, 0) is 56.0 Å². The van der Waals surface area contributed by atoms with Gasteiger partial charge in [0.05, 0.1) is 22.7 Å². The zero-order valence-corrected chi connectivity index (χ0v) is 20.7. The lowest BCUT2D eigenvalue weighted by atomic mass is 9.75. The second kappa shape index (κ2) is 10.7. The van der Waals surface area contributed by atoms with Crippen molar-refractivity contribution in [1.82, 2.24) is 5.32 Å². The number of nitrogens with zero attached hydrogens (tertiary/aromatic N) is 1. The Morgan fingerprint density at radius 2 is 1.95 bits per heavy atom. The predicted molar refractivity (Wildman–Crippen MR) is 130 cm³/mol. The molecule has 38 heavy (non-hydrogen) atoms. The molecule has 200 valence electrons. The molecule has 0 fully saturated rings.